The van der Waals surface area contributed by atoms with E-state index in [4.69, 9.17) is 5.73 Å². The molecule has 0 spiro atoms. The standard InChI is InChI=1S/C15H22N4O4/c16-5-6-17-8-1-2-9-10(7-8)15(23)19(14(9)22)11-3-4-12(20)18-13(11)21/h1-2,7,9-13,17-18,20-21H,3-6,16H2. The zero-order valence-corrected chi connectivity index (χ0v) is 12.7. The van der Waals surface area contributed by atoms with E-state index in [1.165, 1.54) is 0 Å². The van der Waals surface area contributed by atoms with Crippen LogP contribution in [0.4, 0.5) is 0 Å². The number of allylic oxidation sites excluding steroid dienone is 1. The van der Waals surface area contributed by atoms with E-state index in [1.54, 1.807) is 18.2 Å². The van der Waals surface area contributed by atoms with Gasteiger partial charge in [0.25, 0.3) is 0 Å². The Bertz CT molecular complexity index is 562. The summed E-state index contributed by atoms with van der Waals surface area (Å²) >= 11 is 0. The Balaban J connectivity index is 1.78. The van der Waals surface area contributed by atoms with Crippen LogP contribution in [0.15, 0.2) is 23.9 Å². The fraction of sp³-hybridized carbons (Fsp3) is 0.600. The molecule has 0 saturated carbocycles. The molecule has 2 saturated heterocycles. The third-order valence-electron chi connectivity index (χ3n) is 4.54. The molecule has 5 unspecified atom stereocenters. The fourth-order valence-electron chi connectivity index (χ4n) is 3.38. The van der Waals surface area contributed by atoms with E-state index in [0.717, 1.165) is 10.6 Å². The second-order valence-corrected chi connectivity index (χ2v) is 6.07. The van der Waals surface area contributed by atoms with Crippen molar-refractivity contribution >= 4 is 11.8 Å². The second kappa shape index (κ2) is 6.40. The quantitative estimate of drug-likeness (QED) is 0.378. The highest BCUT2D eigenvalue weighted by molar-refractivity contribution is 6.07. The minimum atomic E-state index is -1.12. The van der Waals surface area contributed by atoms with Gasteiger partial charge >= 0.3 is 0 Å². The lowest BCUT2D eigenvalue weighted by molar-refractivity contribution is -0.149. The van der Waals surface area contributed by atoms with Crippen molar-refractivity contribution in [1.29, 1.82) is 0 Å². The lowest BCUT2D eigenvalue weighted by Crippen LogP contribution is -2.58. The molecule has 0 aromatic heterocycles. The van der Waals surface area contributed by atoms with E-state index in [1.807, 2.05) is 0 Å². The van der Waals surface area contributed by atoms with Crippen LogP contribution in [0.3, 0.4) is 0 Å². The number of imide groups is 1. The number of likely N-dealkylation sites (tertiary alicyclic amines) is 1. The van der Waals surface area contributed by atoms with E-state index in [2.05, 4.69) is 10.6 Å². The summed E-state index contributed by atoms with van der Waals surface area (Å²) in [5, 5.41) is 25.2. The first-order chi connectivity index (χ1) is 11.0. The van der Waals surface area contributed by atoms with Gasteiger partial charge in [0, 0.05) is 18.8 Å². The van der Waals surface area contributed by atoms with Crippen LogP contribution in [-0.4, -0.2) is 58.5 Å². The lowest BCUT2D eigenvalue weighted by Gasteiger charge is -2.36. The summed E-state index contributed by atoms with van der Waals surface area (Å²) in [6, 6.07) is -0.647. The molecular weight excluding hydrogens is 300 g/mol. The van der Waals surface area contributed by atoms with Gasteiger partial charge in [-0.1, -0.05) is 6.08 Å². The predicted molar refractivity (Wildman–Crippen MR) is 81.3 cm³/mol. The van der Waals surface area contributed by atoms with Crippen molar-refractivity contribution in [3.05, 3.63) is 23.9 Å². The molecule has 2 aliphatic heterocycles. The maximum atomic E-state index is 12.7. The minimum Gasteiger partial charge on any atom is -0.384 e. The first-order valence-corrected chi connectivity index (χ1v) is 7.86. The molecule has 0 radical (unpaired) electrons. The Morgan fingerprint density at radius 1 is 1.26 bits per heavy atom. The molecule has 8 nitrogen and oxygen atoms in total. The van der Waals surface area contributed by atoms with Crippen molar-refractivity contribution in [3.8, 4) is 0 Å². The van der Waals surface area contributed by atoms with Crippen LogP contribution in [0, 0.1) is 11.8 Å². The van der Waals surface area contributed by atoms with Crippen LogP contribution in [-0.2, 0) is 9.59 Å². The maximum absolute atomic E-state index is 12.7. The molecule has 6 N–H and O–H groups in total. The number of piperidine rings is 1. The predicted octanol–water partition coefficient (Wildman–Crippen LogP) is -2.02. The number of nitrogens with two attached hydrogens (primary N) is 1. The number of amides is 2. The van der Waals surface area contributed by atoms with E-state index >= 15 is 0 Å². The number of carbonyl (C=O) groups is 2. The highest BCUT2D eigenvalue weighted by Gasteiger charge is 2.51. The normalized spacial score (nSPS) is 36.9. The van der Waals surface area contributed by atoms with Gasteiger partial charge in [0.15, 0.2) is 0 Å². The van der Waals surface area contributed by atoms with Gasteiger partial charge in [-0.2, -0.15) is 0 Å². The molecule has 2 fully saturated rings. The van der Waals surface area contributed by atoms with Crippen LogP contribution in [0.1, 0.15) is 12.8 Å². The summed E-state index contributed by atoms with van der Waals surface area (Å²) in [6.45, 7) is 1.06. The number of hydrogen-bond acceptors (Lipinski definition) is 7. The van der Waals surface area contributed by atoms with Crippen molar-refractivity contribution in [1.82, 2.24) is 15.5 Å². The molecule has 5 atom stereocenters. The van der Waals surface area contributed by atoms with Crippen molar-refractivity contribution in [2.75, 3.05) is 13.1 Å². The molecule has 8 heteroatoms. The number of rotatable bonds is 4. The number of hydrogen-bond donors (Lipinski definition) is 5. The molecular formula is C15H22N4O4. The first kappa shape index (κ1) is 16.1. The van der Waals surface area contributed by atoms with Crippen molar-refractivity contribution in [2.45, 2.75) is 31.3 Å². The van der Waals surface area contributed by atoms with Crippen LogP contribution < -0.4 is 16.4 Å². The average molecular weight is 322 g/mol. The second-order valence-electron chi connectivity index (χ2n) is 6.07. The summed E-state index contributed by atoms with van der Waals surface area (Å²) in [7, 11) is 0. The molecule has 0 bridgehead atoms. The molecule has 2 heterocycles. The molecule has 1 aliphatic carbocycles. The number of nitrogens with zero attached hydrogens (tertiary/aromatic N) is 1. The summed E-state index contributed by atoms with van der Waals surface area (Å²) < 4.78 is 0. The third kappa shape index (κ3) is 2.90. The van der Waals surface area contributed by atoms with Crippen LogP contribution in [0.5, 0.6) is 0 Å². The number of carbonyl (C=O) groups excluding carboxylic acids is 2. The van der Waals surface area contributed by atoms with Gasteiger partial charge in [0.1, 0.15) is 12.5 Å². The van der Waals surface area contributed by atoms with Gasteiger partial charge in [-0.3, -0.25) is 19.8 Å². The molecule has 0 aromatic rings. The van der Waals surface area contributed by atoms with Gasteiger partial charge in [0.05, 0.1) is 17.9 Å². The monoisotopic (exact) mass is 322 g/mol. The number of aliphatic hydroxyl groups is 2. The largest absolute Gasteiger partial charge is 0.384 e. The number of fused-ring (bicyclic) bond motifs is 1. The van der Waals surface area contributed by atoms with E-state index in [-0.39, 0.29) is 11.8 Å². The van der Waals surface area contributed by atoms with Crippen molar-refractivity contribution in [3.63, 3.8) is 0 Å². The SMILES string of the molecule is NCCNC1=CC2C(=O)N(C3CCC(O)NC3O)C(=O)C2C=C1. The van der Waals surface area contributed by atoms with Crippen molar-refractivity contribution in [2.24, 2.45) is 17.6 Å². The Labute approximate surface area is 134 Å². The number of nitrogens with one attached hydrogen (secondary N) is 2. The Morgan fingerprint density at radius 2 is 2.00 bits per heavy atom. The Morgan fingerprint density at radius 3 is 2.70 bits per heavy atom. The highest BCUT2D eigenvalue weighted by atomic mass is 16.3. The van der Waals surface area contributed by atoms with Gasteiger partial charge in [-0.15, -0.1) is 0 Å². The van der Waals surface area contributed by atoms with Crippen LogP contribution in [0.25, 0.3) is 0 Å². The first-order valence-electron chi connectivity index (χ1n) is 7.86. The van der Waals surface area contributed by atoms with Crippen LogP contribution in [0.2, 0.25) is 0 Å². The smallest absolute Gasteiger partial charge is 0.237 e. The van der Waals surface area contributed by atoms with Gasteiger partial charge in [-0.05, 0) is 25.0 Å². The lowest BCUT2D eigenvalue weighted by atomic mass is 9.90. The average Bonchev–Trinajstić information content (AvgIpc) is 2.77. The maximum Gasteiger partial charge on any atom is 0.237 e. The van der Waals surface area contributed by atoms with E-state index in [0.29, 0.717) is 25.9 Å². The van der Waals surface area contributed by atoms with E-state index < -0.39 is 30.3 Å². The molecule has 126 valence electrons. The number of aliphatic hydroxyl groups excluding tert-OH is 2. The van der Waals surface area contributed by atoms with E-state index in [9.17, 15) is 19.8 Å². The summed E-state index contributed by atoms with van der Waals surface area (Å²) in [4.78, 5) is 26.4. The van der Waals surface area contributed by atoms with Crippen LogP contribution >= 0.6 is 0 Å². The minimum absolute atomic E-state index is 0.299. The van der Waals surface area contributed by atoms with Crippen molar-refractivity contribution < 1.29 is 19.8 Å². The zero-order chi connectivity index (χ0) is 16.6. The summed E-state index contributed by atoms with van der Waals surface area (Å²) in [5.41, 5.74) is 6.23. The molecule has 0 aromatic carbocycles. The molecule has 3 rings (SSSR count). The molecule has 23 heavy (non-hydrogen) atoms. The highest BCUT2D eigenvalue weighted by Crippen LogP contribution is 2.35. The summed E-state index contributed by atoms with van der Waals surface area (Å²) in [6.07, 6.45) is 4.07. The Kier molecular flexibility index (Phi) is 4.49. The van der Waals surface area contributed by atoms with Gasteiger partial charge in [0.2, 0.25) is 11.8 Å². The zero-order valence-electron chi connectivity index (χ0n) is 12.7. The fourth-order valence-corrected chi connectivity index (χ4v) is 3.38. The molecule has 2 amide bonds. The van der Waals surface area contributed by atoms with Gasteiger partial charge < -0.3 is 21.3 Å². The topological polar surface area (TPSA) is 128 Å². The van der Waals surface area contributed by atoms with Gasteiger partial charge in [-0.25, -0.2) is 0 Å². The molecule has 3 aliphatic rings. The third-order valence-corrected chi connectivity index (χ3v) is 4.54. The summed E-state index contributed by atoms with van der Waals surface area (Å²) in [5.74, 6) is -1.68. The Hall–Kier alpha value is -1.74.